The Kier molecular flexibility index (Phi) is 2.15. The number of hydrogen-bond acceptors (Lipinski definition) is 2. The summed E-state index contributed by atoms with van der Waals surface area (Å²) in [4.78, 5) is 4.91. The number of fused-ring (bicyclic) bond motifs is 2. The predicted octanol–water partition coefficient (Wildman–Crippen LogP) is 3.32. The summed E-state index contributed by atoms with van der Waals surface area (Å²) in [5.41, 5.74) is 0. The summed E-state index contributed by atoms with van der Waals surface area (Å²) in [5, 5.41) is 0. The number of hydrogen-bond donors (Lipinski definition) is 0. The summed E-state index contributed by atoms with van der Waals surface area (Å²) in [6.45, 7) is 0. The van der Waals surface area contributed by atoms with Crippen LogP contribution in [0.4, 0.5) is 0 Å². The van der Waals surface area contributed by atoms with E-state index in [4.69, 9.17) is 0 Å². The van der Waals surface area contributed by atoms with E-state index in [1.807, 2.05) is 36.0 Å². The van der Waals surface area contributed by atoms with E-state index < -0.39 is 10.8 Å². The minimum atomic E-state index is -0.715. The normalized spacial score (nSPS) is 14.4. The van der Waals surface area contributed by atoms with E-state index in [2.05, 4.69) is 24.3 Å². The second-order valence-corrected chi connectivity index (χ2v) is 5.77. The summed E-state index contributed by atoms with van der Waals surface area (Å²) in [6.07, 6.45) is 0. The smallest absolute Gasteiger partial charge is 0.0874 e. The van der Waals surface area contributed by atoms with Crippen LogP contribution < -0.4 is 0 Å². The van der Waals surface area contributed by atoms with Crippen LogP contribution in [0.2, 0.25) is 0 Å². The van der Waals surface area contributed by atoms with E-state index in [1.165, 1.54) is 9.79 Å². The maximum Gasteiger partial charge on any atom is 0.0874 e. The van der Waals surface area contributed by atoms with Crippen LogP contribution in [0.5, 0.6) is 0 Å². The van der Waals surface area contributed by atoms with Crippen LogP contribution in [0.1, 0.15) is 0 Å². The Morgan fingerprint density at radius 3 is 1.67 bits per heavy atom. The zero-order chi connectivity index (χ0) is 10.3. The lowest BCUT2D eigenvalue weighted by atomic mass is 10.4. The van der Waals surface area contributed by atoms with Gasteiger partial charge >= 0.3 is 0 Å². The van der Waals surface area contributed by atoms with Gasteiger partial charge < -0.3 is 0 Å². The van der Waals surface area contributed by atoms with E-state index in [9.17, 15) is 4.21 Å². The Morgan fingerprint density at radius 2 is 1.27 bits per heavy atom. The largest absolute Gasteiger partial charge is 0.249 e. The van der Waals surface area contributed by atoms with Crippen molar-refractivity contribution in [3.63, 3.8) is 0 Å². The van der Waals surface area contributed by atoms with Gasteiger partial charge in [-0.25, -0.2) is 4.21 Å². The maximum absolute atomic E-state index is 10.7. The van der Waals surface area contributed by atoms with Gasteiger partial charge in [0.05, 0.1) is 20.6 Å². The van der Waals surface area contributed by atoms with Crippen molar-refractivity contribution in [2.24, 2.45) is 0 Å². The van der Waals surface area contributed by atoms with E-state index in [-0.39, 0.29) is 0 Å². The van der Waals surface area contributed by atoms with Gasteiger partial charge in [-0.3, -0.25) is 0 Å². The van der Waals surface area contributed by atoms with E-state index in [1.54, 1.807) is 0 Å². The Labute approximate surface area is 95.0 Å². The number of rotatable bonds is 0. The molecule has 0 saturated heterocycles. The lowest BCUT2D eigenvalue weighted by molar-refractivity contribution is 0.693. The average Bonchev–Trinajstić information content (AvgIpc) is 3.17. The molecular formula is C12H8OS2. The second kappa shape index (κ2) is 3.51. The summed E-state index contributed by atoms with van der Waals surface area (Å²) < 4.78 is 10.7. The summed E-state index contributed by atoms with van der Waals surface area (Å²) in [5.74, 6) is 0. The molecule has 2 aliphatic rings. The first kappa shape index (κ1) is 9.19. The monoisotopic (exact) mass is 232 g/mol. The van der Waals surface area contributed by atoms with Gasteiger partial charge in [0.2, 0.25) is 0 Å². The Morgan fingerprint density at radius 1 is 0.800 bits per heavy atom. The van der Waals surface area contributed by atoms with Crippen LogP contribution in [-0.4, -0.2) is 4.21 Å². The molecule has 0 radical (unpaired) electrons. The minimum absolute atomic E-state index is 0.715. The van der Waals surface area contributed by atoms with Crippen molar-refractivity contribution in [1.82, 2.24) is 0 Å². The van der Waals surface area contributed by atoms with Crippen molar-refractivity contribution in [3.8, 4) is 0 Å². The van der Waals surface area contributed by atoms with Crippen LogP contribution in [-0.2, 0) is 10.8 Å². The minimum Gasteiger partial charge on any atom is -0.249 e. The molecule has 2 aromatic rings. The van der Waals surface area contributed by atoms with Crippen LogP contribution in [0.15, 0.2) is 68.1 Å². The fraction of sp³-hybridized carbons (Fsp3) is 0. The van der Waals surface area contributed by atoms with Gasteiger partial charge in [0.15, 0.2) is 0 Å². The van der Waals surface area contributed by atoms with Crippen LogP contribution in [0, 0.1) is 0 Å². The molecule has 2 aromatic carbocycles. The van der Waals surface area contributed by atoms with Gasteiger partial charge in [0, 0.05) is 9.79 Å². The number of benzene rings is 2. The molecule has 0 saturated carbocycles. The first-order chi connectivity index (χ1) is 7.36. The zero-order valence-electron chi connectivity index (χ0n) is 7.84. The maximum atomic E-state index is 10.7. The molecule has 0 spiro atoms. The van der Waals surface area contributed by atoms with Gasteiger partial charge in [-0.2, -0.15) is 0 Å². The molecule has 0 unspecified atom stereocenters. The van der Waals surface area contributed by atoms with E-state index >= 15 is 0 Å². The molecule has 1 nitrogen and oxygen atoms in total. The molecule has 0 amide bonds. The van der Waals surface area contributed by atoms with Crippen LogP contribution in [0.25, 0.3) is 0 Å². The quantitative estimate of drug-likeness (QED) is 0.433. The SMILES string of the molecule is O=S1c2ccccc21.c1ccc2c(c1)S2. The molecule has 4 rings (SSSR count). The molecule has 0 N–H and O–H groups in total. The highest BCUT2D eigenvalue weighted by molar-refractivity contribution is 8.05. The van der Waals surface area contributed by atoms with Gasteiger partial charge in [0.25, 0.3) is 0 Å². The van der Waals surface area contributed by atoms with Crippen LogP contribution >= 0.6 is 11.8 Å². The molecular weight excluding hydrogens is 224 g/mol. The Hall–Kier alpha value is -1.06. The average molecular weight is 232 g/mol. The van der Waals surface area contributed by atoms with Crippen molar-refractivity contribution >= 4 is 22.6 Å². The molecule has 0 atom stereocenters. The molecule has 74 valence electrons. The van der Waals surface area contributed by atoms with Gasteiger partial charge in [-0.1, -0.05) is 36.0 Å². The topological polar surface area (TPSA) is 17.1 Å². The lowest BCUT2D eigenvalue weighted by Crippen LogP contribution is -1.46. The van der Waals surface area contributed by atoms with Gasteiger partial charge in [0.1, 0.15) is 0 Å². The summed E-state index contributed by atoms with van der Waals surface area (Å²) in [6, 6.07) is 16.0. The molecule has 0 fully saturated rings. The molecule has 2 aliphatic heterocycles. The van der Waals surface area contributed by atoms with E-state index in [0.717, 1.165) is 9.79 Å². The van der Waals surface area contributed by atoms with Crippen molar-refractivity contribution in [2.45, 2.75) is 19.6 Å². The van der Waals surface area contributed by atoms with Crippen molar-refractivity contribution in [3.05, 3.63) is 48.5 Å². The van der Waals surface area contributed by atoms with Gasteiger partial charge in [-0.05, 0) is 24.3 Å². The Bertz CT molecular complexity index is 503. The molecule has 0 aromatic heterocycles. The standard InChI is InChI=1S/C6H4OS.C6H4S/c7-8-5-3-1-2-4-6(5)8;1-2-4-6-5(3-1)7-6/h1-4H;1-4H. The first-order valence-corrected chi connectivity index (χ1v) is 6.60. The third-order valence-corrected chi connectivity index (χ3v) is 4.49. The molecule has 2 heterocycles. The van der Waals surface area contributed by atoms with Crippen LogP contribution in [0.3, 0.4) is 0 Å². The molecule has 0 bridgehead atoms. The predicted molar refractivity (Wildman–Crippen MR) is 61.7 cm³/mol. The molecule has 3 heteroatoms. The van der Waals surface area contributed by atoms with Crippen molar-refractivity contribution in [2.75, 3.05) is 0 Å². The van der Waals surface area contributed by atoms with Gasteiger partial charge in [-0.15, -0.1) is 0 Å². The highest BCUT2D eigenvalue weighted by Crippen LogP contribution is 2.47. The highest BCUT2D eigenvalue weighted by Gasteiger charge is 2.26. The Balaban J connectivity index is 0.0000000971. The molecule has 0 aliphatic carbocycles. The van der Waals surface area contributed by atoms with E-state index in [0.29, 0.717) is 0 Å². The summed E-state index contributed by atoms with van der Waals surface area (Å²) in [7, 11) is -0.715. The van der Waals surface area contributed by atoms with Crippen molar-refractivity contribution < 1.29 is 4.21 Å². The lowest BCUT2D eigenvalue weighted by Gasteiger charge is -1.66. The highest BCUT2D eigenvalue weighted by atomic mass is 32.2. The third-order valence-electron chi connectivity index (χ3n) is 2.23. The first-order valence-electron chi connectivity index (χ1n) is 4.64. The fourth-order valence-corrected chi connectivity index (χ4v) is 2.92. The fourth-order valence-electron chi connectivity index (χ4n) is 1.34. The van der Waals surface area contributed by atoms with Crippen molar-refractivity contribution in [1.29, 1.82) is 0 Å². The second-order valence-electron chi connectivity index (χ2n) is 3.26. The zero-order valence-corrected chi connectivity index (χ0v) is 9.48. The molecule has 15 heavy (non-hydrogen) atoms. The third kappa shape index (κ3) is 1.85. The summed E-state index contributed by atoms with van der Waals surface area (Å²) >= 11 is 1.86.